The number of carboxylic acids is 1. The molecule has 0 unspecified atom stereocenters. The quantitative estimate of drug-likeness (QED) is 0.232. The number of aromatic carboxylic acids is 1. The molecule has 10 nitrogen and oxygen atoms in total. The first-order chi connectivity index (χ1) is 17.8. The predicted octanol–water partition coefficient (Wildman–Crippen LogP) is 5.12. The van der Waals surface area contributed by atoms with Crippen molar-refractivity contribution in [3.63, 3.8) is 0 Å². The van der Waals surface area contributed by atoms with Crippen LogP contribution in [0.15, 0.2) is 71.6 Å². The highest BCUT2D eigenvalue weighted by molar-refractivity contribution is 8.18. The number of imide groups is 1. The van der Waals surface area contributed by atoms with Crippen molar-refractivity contribution in [1.82, 2.24) is 4.90 Å². The minimum atomic E-state index is -1.01. The third-order valence-corrected chi connectivity index (χ3v) is 6.38. The van der Waals surface area contributed by atoms with E-state index in [9.17, 15) is 24.5 Å². The number of methoxy groups -OCH3 is 1. The molecule has 11 heteroatoms. The third kappa shape index (κ3) is 5.78. The van der Waals surface area contributed by atoms with Crippen molar-refractivity contribution < 1.29 is 33.9 Å². The van der Waals surface area contributed by atoms with E-state index in [4.69, 9.17) is 14.6 Å². The molecule has 0 saturated carbocycles. The second kappa shape index (κ2) is 11.0. The smallest absolute Gasteiger partial charge is 0.335 e. The van der Waals surface area contributed by atoms with E-state index in [-0.39, 0.29) is 34.9 Å². The molecule has 0 aromatic heterocycles. The summed E-state index contributed by atoms with van der Waals surface area (Å²) in [6, 6.07) is 17.3. The standard InChI is InChI=1S/C26H20N2O8S/c1-35-22-12-17(8-11-21(22)36-15-16-6-9-18(10-7-16)25(30)31)13-23-24(29)27(26(32)37-23)14-19-4-2-3-5-20(19)28(33)34/h2-13H,14-15H2,1H3,(H,30,31)/b23-13-. The van der Waals surface area contributed by atoms with E-state index in [2.05, 4.69) is 0 Å². The van der Waals surface area contributed by atoms with Crippen molar-refractivity contribution in [2.45, 2.75) is 13.2 Å². The summed E-state index contributed by atoms with van der Waals surface area (Å²) in [6.45, 7) is -0.0250. The molecule has 1 aliphatic heterocycles. The number of carbonyl (C=O) groups excluding carboxylic acids is 2. The maximum Gasteiger partial charge on any atom is 0.335 e. The molecular weight excluding hydrogens is 500 g/mol. The molecule has 1 fully saturated rings. The largest absolute Gasteiger partial charge is 0.493 e. The summed E-state index contributed by atoms with van der Waals surface area (Å²) in [4.78, 5) is 48.3. The lowest BCUT2D eigenvalue weighted by Crippen LogP contribution is -2.27. The number of benzene rings is 3. The Kier molecular flexibility index (Phi) is 7.54. The van der Waals surface area contributed by atoms with Crippen LogP contribution >= 0.6 is 11.8 Å². The minimum Gasteiger partial charge on any atom is -0.493 e. The number of hydrogen-bond acceptors (Lipinski definition) is 8. The van der Waals surface area contributed by atoms with Gasteiger partial charge in [-0.25, -0.2) is 4.79 Å². The van der Waals surface area contributed by atoms with Crippen LogP contribution in [0.5, 0.6) is 11.5 Å². The lowest BCUT2D eigenvalue weighted by atomic mass is 10.1. The summed E-state index contributed by atoms with van der Waals surface area (Å²) in [5, 5.41) is 19.8. The van der Waals surface area contributed by atoms with E-state index < -0.39 is 22.0 Å². The average Bonchev–Trinajstić information content (AvgIpc) is 3.15. The van der Waals surface area contributed by atoms with Gasteiger partial charge in [0.2, 0.25) is 0 Å². The molecule has 0 aliphatic carbocycles. The lowest BCUT2D eigenvalue weighted by Gasteiger charge is -2.13. The molecule has 0 bridgehead atoms. The molecule has 0 atom stereocenters. The van der Waals surface area contributed by atoms with Gasteiger partial charge in [-0.15, -0.1) is 0 Å². The number of thioether (sulfide) groups is 1. The van der Waals surface area contributed by atoms with E-state index in [1.165, 1.54) is 37.4 Å². The highest BCUT2D eigenvalue weighted by atomic mass is 32.2. The number of ether oxygens (including phenoxy) is 2. The van der Waals surface area contributed by atoms with Crippen LogP contribution in [0.1, 0.15) is 27.0 Å². The summed E-state index contributed by atoms with van der Waals surface area (Å²) in [5.41, 5.74) is 1.63. The Morgan fingerprint density at radius 2 is 1.81 bits per heavy atom. The Morgan fingerprint density at radius 1 is 1.08 bits per heavy atom. The van der Waals surface area contributed by atoms with Gasteiger partial charge in [-0.3, -0.25) is 24.6 Å². The van der Waals surface area contributed by atoms with Crippen LogP contribution in [0, 0.1) is 10.1 Å². The normalized spacial score (nSPS) is 14.2. The molecule has 1 saturated heterocycles. The first-order valence-corrected chi connectivity index (χ1v) is 11.7. The third-order valence-electron chi connectivity index (χ3n) is 5.47. The van der Waals surface area contributed by atoms with Gasteiger partial charge in [-0.2, -0.15) is 0 Å². The van der Waals surface area contributed by atoms with Crippen molar-refractivity contribution in [1.29, 1.82) is 0 Å². The van der Waals surface area contributed by atoms with Crippen LogP contribution in [0.4, 0.5) is 10.5 Å². The van der Waals surface area contributed by atoms with Crippen LogP contribution < -0.4 is 9.47 Å². The number of para-hydroxylation sites is 1. The highest BCUT2D eigenvalue weighted by Gasteiger charge is 2.36. The molecule has 0 spiro atoms. The zero-order chi connectivity index (χ0) is 26.5. The van der Waals surface area contributed by atoms with Crippen LogP contribution in [0.25, 0.3) is 6.08 Å². The molecule has 1 N–H and O–H groups in total. The average molecular weight is 521 g/mol. The van der Waals surface area contributed by atoms with Gasteiger partial charge in [0, 0.05) is 11.6 Å². The highest BCUT2D eigenvalue weighted by Crippen LogP contribution is 2.36. The number of amides is 2. The monoisotopic (exact) mass is 520 g/mol. The van der Waals surface area contributed by atoms with Crippen molar-refractivity contribution in [3.05, 3.63) is 104 Å². The SMILES string of the molecule is COc1cc(/C=C2\SC(=O)N(Cc3ccccc3[N+](=O)[O-])C2=O)ccc1OCc1ccc(C(=O)O)cc1. The van der Waals surface area contributed by atoms with Gasteiger partial charge >= 0.3 is 5.97 Å². The summed E-state index contributed by atoms with van der Waals surface area (Å²) < 4.78 is 11.2. The van der Waals surface area contributed by atoms with Gasteiger partial charge in [0.15, 0.2) is 11.5 Å². The van der Waals surface area contributed by atoms with E-state index >= 15 is 0 Å². The number of carboxylic acid groups (broad SMARTS) is 1. The maximum absolute atomic E-state index is 12.9. The number of carbonyl (C=O) groups is 3. The molecule has 0 radical (unpaired) electrons. The Morgan fingerprint density at radius 3 is 2.49 bits per heavy atom. The Bertz CT molecular complexity index is 1420. The number of nitro groups is 1. The number of nitrogens with zero attached hydrogens (tertiary/aromatic N) is 2. The van der Waals surface area contributed by atoms with Crippen LogP contribution in [0.2, 0.25) is 0 Å². The van der Waals surface area contributed by atoms with Gasteiger partial charge in [0.05, 0.1) is 29.0 Å². The molecule has 3 aromatic carbocycles. The van der Waals surface area contributed by atoms with E-state index in [0.717, 1.165) is 22.2 Å². The molecule has 1 heterocycles. The number of hydrogen-bond donors (Lipinski definition) is 1. The van der Waals surface area contributed by atoms with Crippen LogP contribution in [0.3, 0.4) is 0 Å². The summed E-state index contributed by atoms with van der Waals surface area (Å²) in [7, 11) is 1.47. The van der Waals surface area contributed by atoms with Crippen molar-refractivity contribution >= 4 is 40.6 Å². The minimum absolute atomic E-state index is 0.163. The maximum atomic E-state index is 12.9. The van der Waals surface area contributed by atoms with Crippen molar-refractivity contribution in [3.8, 4) is 11.5 Å². The molecule has 188 valence electrons. The van der Waals surface area contributed by atoms with Crippen molar-refractivity contribution in [2.75, 3.05) is 7.11 Å². The molecular formula is C26H20N2O8S. The Hall–Kier alpha value is -4.64. The van der Waals surface area contributed by atoms with E-state index in [1.807, 2.05) is 0 Å². The van der Waals surface area contributed by atoms with Crippen molar-refractivity contribution in [2.24, 2.45) is 0 Å². The zero-order valence-electron chi connectivity index (χ0n) is 19.5. The number of nitro benzene ring substituents is 1. The fourth-order valence-corrected chi connectivity index (χ4v) is 4.42. The summed E-state index contributed by atoms with van der Waals surface area (Å²) in [6.07, 6.45) is 1.54. The first-order valence-electron chi connectivity index (χ1n) is 10.9. The second-order valence-corrected chi connectivity index (χ2v) is 8.85. The lowest BCUT2D eigenvalue weighted by molar-refractivity contribution is -0.385. The van der Waals surface area contributed by atoms with Crippen LogP contribution in [-0.4, -0.2) is 39.2 Å². The molecule has 1 aliphatic rings. The fraction of sp³-hybridized carbons (Fsp3) is 0.115. The van der Waals surface area contributed by atoms with Gasteiger partial charge in [-0.1, -0.05) is 36.4 Å². The Balaban J connectivity index is 1.48. The topological polar surface area (TPSA) is 136 Å². The first kappa shape index (κ1) is 25.5. The molecule has 2 amide bonds. The fourth-order valence-electron chi connectivity index (χ4n) is 3.58. The van der Waals surface area contributed by atoms with E-state index in [1.54, 1.807) is 42.5 Å². The zero-order valence-corrected chi connectivity index (χ0v) is 20.3. The van der Waals surface area contributed by atoms with Gasteiger partial charge in [0.1, 0.15) is 6.61 Å². The van der Waals surface area contributed by atoms with Crippen LogP contribution in [-0.2, 0) is 17.9 Å². The predicted molar refractivity (Wildman–Crippen MR) is 135 cm³/mol. The summed E-state index contributed by atoms with van der Waals surface area (Å²) >= 11 is 0.753. The van der Waals surface area contributed by atoms with Gasteiger partial charge in [0.25, 0.3) is 16.8 Å². The number of rotatable bonds is 9. The molecule has 37 heavy (non-hydrogen) atoms. The summed E-state index contributed by atoms with van der Waals surface area (Å²) in [5.74, 6) is -0.720. The molecule has 4 rings (SSSR count). The van der Waals surface area contributed by atoms with E-state index in [0.29, 0.717) is 17.1 Å². The van der Waals surface area contributed by atoms with Gasteiger partial charge in [-0.05, 0) is 53.2 Å². The van der Waals surface area contributed by atoms with Gasteiger partial charge < -0.3 is 14.6 Å². The second-order valence-electron chi connectivity index (χ2n) is 7.85. The molecule has 3 aromatic rings. The Labute approximate surface area is 215 Å².